The Hall–Kier alpha value is -3.71. The Labute approximate surface area is 189 Å². The van der Waals surface area contributed by atoms with Gasteiger partial charge in [0, 0.05) is 6.20 Å². The van der Waals surface area contributed by atoms with E-state index in [1.165, 1.54) is 0 Å². The lowest BCUT2D eigenvalue weighted by molar-refractivity contribution is -0.124. The zero-order valence-electron chi connectivity index (χ0n) is 17.3. The molecule has 32 heavy (non-hydrogen) atoms. The van der Waals surface area contributed by atoms with Crippen LogP contribution in [0.1, 0.15) is 23.7 Å². The van der Waals surface area contributed by atoms with E-state index in [9.17, 15) is 9.59 Å². The number of rotatable bonds is 5. The fourth-order valence-electron chi connectivity index (χ4n) is 4.00. The van der Waals surface area contributed by atoms with E-state index in [1.807, 2.05) is 60.0 Å². The van der Waals surface area contributed by atoms with E-state index in [0.29, 0.717) is 16.7 Å². The van der Waals surface area contributed by atoms with E-state index < -0.39 is 6.04 Å². The quantitative estimate of drug-likeness (QED) is 0.490. The molecule has 0 bridgehead atoms. The van der Waals surface area contributed by atoms with Crippen LogP contribution in [-0.2, 0) is 16.1 Å². The molecule has 0 unspecified atom stereocenters. The number of carbonyl (C=O) groups excluding carboxylic acids is 2. The maximum absolute atomic E-state index is 13.4. The number of aromatic nitrogens is 3. The number of fused-ring (bicyclic) bond motifs is 3. The van der Waals surface area contributed by atoms with E-state index in [2.05, 4.69) is 15.3 Å². The number of halogens is 1. The second-order valence-corrected chi connectivity index (χ2v) is 8.17. The molecule has 0 aliphatic carbocycles. The molecule has 1 N–H and O–H groups in total. The SMILES string of the molecule is Cc1ccc(NC(=O)C[C@@H]2C(=O)N(Cc3ccccn3)c3nc4ccccc4n32)c(Cl)c1. The van der Waals surface area contributed by atoms with Crippen LogP contribution in [0, 0.1) is 6.92 Å². The first kappa shape index (κ1) is 20.2. The zero-order valence-corrected chi connectivity index (χ0v) is 18.1. The molecule has 0 radical (unpaired) electrons. The first-order chi connectivity index (χ1) is 15.5. The summed E-state index contributed by atoms with van der Waals surface area (Å²) in [5, 5.41) is 3.29. The van der Waals surface area contributed by atoms with Crippen molar-refractivity contribution in [1.29, 1.82) is 0 Å². The number of aryl methyl sites for hydroxylation is 1. The number of para-hydroxylation sites is 2. The molecule has 1 aliphatic heterocycles. The average molecular weight is 446 g/mol. The third-order valence-electron chi connectivity index (χ3n) is 5.51. The van der Waals surface area contributed by atoms with Crippen molar-refractivity contribution in [3.05, 3.63) is 83.1 Å². The lowest BCUT2D eigenvalue weighted by atomic mass is 10.1. The summed E-state index contributed by atoms with van der Waals surface area (Å²) >= 11 is 6.26. The summed E-state index contributed by atoms with van der Waals surface area (Å²) in [5.41, 5.74) is 3.85. The Bertz CT molecular complexity index is 1330. The fraction of sp³-hybridized carbons (Fsp3) is 0.167. The molecule has 2 amide bonds. The standard InChI is InChI=1S/C24H20ClN5O2/c1-15-9-10-18(17(25)12-15)27-22(31)13-21-23(32)29(14-16-6-4-5-11-26-16)24-28-19-7-2-3-8-20(19)30(21)24/h2-12,21H,13-14H2,1H3,(H,27,31)/t21-/m1/s1. The fourth-order valence-corrected chi connectivity index (χ4v) is 4.28. The number of anilines is 2. The molecule has 4 aromatic rings. The lowest BCUT2D eigenvalue weighted by Gasteiger charge is -2.16. The van der Waals surface area contributed by atoms with Gasteiger partial charge in [0.25, 0.3) is 5.91 Å². The highest BCUT2D eigenvalue weighted by Crippen LogP contribution is 2.37. The van der Waals surface area contributed by atoms with Crippen LogP contribution in [-0.4, -0.2) is 26.3 Å². The van der Waals surface area contributed by atoms with Gasteiger partial charge in [-0.15, -0.1) is 0 Å². The van der Waals surface area contributed by atoms with Gasteiger partial charge in [-0.3, -0.25) is 24.0 Å². The van der Waals surface area contributed by atoms with Crippen molar-refractivity contribution in [3.63, 3.8) is 0 Å². The van der Waals surface area contributed by atoms with Gasteiger partial charge in [0.15, 0.2) is 0 Å². The molecule has 0 fully saturated rings. The van der Waals surface area contributed by atoms with Crippen molar-refractivity contribution in [1.82, 2.24) is 14.5 Å². The van der Waals surface area contributed by atoms with Gasteiger partial charge < -0.3 is 5.32 Å². The van der Waals surface area contributed by atoms with Crippen LogP contribution in [0.2, 0.25) is 5.02 Å². The summed E-state index contributed by atoms with van der Waals surface area (Å²) in [7, 11) is 0. The molecular formula is C24H20ClN5O2. The minimum Gasteiger partial charge on any atom is -0.325 e. The van der Waals surface area contributed by atoms with E-state index in [1.54, 1.807) is 23.2 Å². The molecule has 5 rings (SSSR count). The number of hydrogen-bond acceptors (Lipinski definition) is 4. The first-order valence-corrected chi connectivity index (χ1v) is 10.6. The number of imidazole rings is 1. The Morgan fingerprint density at radius 3 is 2.72 bits per heavy atom. The Kier molecular flexibility index (Phi) is 5.11. The Balaban J connectivity index is 1.47. The number of benzene rings is 2. The van der Waals surface area contributed by atoms with Crippen molar-refractivity contribution in [2.24, 2.45) is 0 Å². The molecule has 0 saturated carbocycles. The van der Waals surface area contributed by atoms with E-state index in [-0.39, 0.29) is 24.8 Å². The second kappa shape index (κ2) is 8.09. The average Bonchev–Trinajstić information content (AvgIpc) is 3.27. The smallest absolute Gasteiger partial charge is 0.253 e. The summed E-state index contributed by atoms with van der Waals surface area (Å²) in [6.07, 6.45) is 1.66. The second-order valence-electron chi connectivity index (χ2n) is 7.77. The third-order valence-corrected chi connectivity index (χ3v) is 5.82. The molecule has 0 spiro atoms. The van der Waals surface area contributed by atoms with Gasteiger partial charge in [0.05, 0.1) is 40.4 Å². The van der Waals surface area contributed by atoms with E-state index in [4.69, 9.17) is 11.6 Å². The number of pyridine rings is 1. The highest BCUT2D eigenvalue weighted by Gasteiger charge is 2.41. The third kappa shape index (κ3) is 3.61. The molecule has 2 aromatic heterocycles. The number of amides is 2. The number of hydrogen-bond donors (Lipinski definition) is 1. The zero-order chi connectivity index (χ0) is 22.2. The molecular weight excluding hydrogens is 426 g/mol. The Morgan fingerprint density at radius 1 is 1.12 bits per heavy atom. The monoisotopic (exact) mass is 445 g/mol. The summed E-state index contributed by atoms with van der Waals surface area (Å²) < 4.78 is 1.84. The summed E-state index contributed by atoms with van der Waals surface area (Å²) in [6, 6.07) is 17.9. The van der Waals surface area contributed by atoms with Gasteiger partial charge >= 0.3 is 0 Å². The van der Waals surface area contributed by atoms with Crippen LogP contribution in [0.5, 0.6) is 0 Å². The maximum atomic E-state index is 13.4. The van der Waals surface area contributed by atoms with Gasteiger partial charge in [-0.1, -0.05) is 35.9 Å². The topological polar surface area (TPSA) is 80.1 Å². The van der Waals surface area contributed by atoms with Crippen molar-refractivity contribution in [2.75, 3.05) is 10.2 Å². The predicted molar refractivity (Wildman–Crippen MR) is 124 cm³/mol. The normalized spacial score (nSPS) is 15.2. The molecule has 7 nitrogen and oxygen atoms in total. The molecule has 160 valence electrons. The van der Waals surface area contributed by atoms with Crippen molar-refractivity contribution >= 4 is 46.1 Å². The van der Waals surface area contributed by atoms with Crippen molar-refractivity contribution in [3.8, 4) is 0 Å². The predicted octanol–water partition coefficient (Wildman–Crippen LogP) is 4.51. The van der Waals surface area contributed by atoms with Crippen LogP contribution >= 0.6 is 11.6 Å². The molecule has 2 aromatic carbocycles. The van der Waals surface area contributed by atoms with Crippen LogP contribution in [0.15, 0.2) is 66.9 Å². The molecule has 0 saturated heterocycles. The molecule has 1 aliphatic rings. The molecule has 1 atom stereocenters. The van der Waals surface area contributed by atoms with Gasteiger partial charge in [-0.05, 0) is 48.9 Å². The van der Waals surface area contributed by atoms with Crippen LogP contribution in [0.25, 0.3) is 11.0 Å². The summed E-state index contributed by atoms with van der Waals surface area (Å²) in [5.74, 6) is 0.0413. The van der Waals surface area contributed by atoms with Gasteiger partial charge in [0.2, 0.25) is 11.9 Å². The summed E-state index contributed by atoms with van der Waals surface area (Å²) in [4.78, 5) is 36.9. The molecule has 3 heterocycles. The number of nitrogens with one attached hydrogen (secondary N) is 1. The van der Waals surface area contributed by atoms with Crippen molar-refractivity contribution < 1.29 is 9.59 Å². The van der Waals surface area contributed by atoms with E-state index >= 15 is 0 Å². The van der Waals surface area contributed by atoms with E-state index in [0.717, 1.165) is 22.3 Å². The summed E-state index contributed by atoms with van der Waals surface area (Å²) in [6.45, 7) is 2.21. The molecule has 8 heteroatoms. The minimum atomic E-state index is -0.703. The van der Waals surface area contributed by atoms with Crippen LogP contribution in [0.4, 0.5) is 11.6 Å². The van der Waals surface area contributed by atoms with Crippen LogP contribution in [0.3, 0.4) is 0 Å². The lowest BCUT2D eigenvalue weighted by Crippen LogP contribution is -2.31. The van der Waals surface area contributed by atoms with Gasteiger partial charge in [-0.25, -0.2) is 4.98 Å². The highest BCUT2D eigenvalue weighted by molar-refractivity contribution is 6.33. The largest absolute Gasteiger partial charge is 0.325 e. The van der Waals surface area contributed by atoms with Gasteiger partial charge in [-0.2, -0.15) is 0 Å². The minimum absolute atomic E-state index is 0.0326. The van der Waals surface area contributed by atoms with Crippen LogP contribution < -0.4 is 10.2 Å². The highest BCUT2D eigenvalue weighted by atomic mass is 35.5. The maximum Gasteiger partial charge on any atom is 0.253 e. The first-order valence-electron chi connectivity index (χ1n) is 10.3. The number of nitrogens with zero attached hydrogens (tertiary/aromatic N) is 4. The van der Waals surface area contributed by atoms with Gasteiger partial charge in [0.1, 0.15) is 6.04 Å². The van der Waals surface area contributed by atoms with Crippen molar-refractivity contribution in [2.45, 2.75) is 25.9 Å². The Morgan fingerprint density at radius 2 is 1.94 bits per heavy atom. The number of carbonyl (C=O) groups is 2.